The Morgan fingerprint density at radius 1 is 1.05 bits per heavy atom. The quantitative estimate of drug-likeness (QED) is 0.230. The zero-order valence-corrected chi connectivity index (χ0v) is 22.0. The molecule has 1 aliphatic rings. The second-order valence-electron chi connectivity index (χ2n) is 9.22. The summed E-state index contributed by atoms with van der Waals surface area (Å²) in [7, 11) is 3.63. The number of aliphatic hydroxyl groups excluding tert-OH is 1. The number of alkyl halides is 3. The summed E-state index contributed by atoms with van der Waals surface area (Å²) in [5.74, 6) is -0.234. The van der Waals surface area contributed by atoms with E-state index < -0.39 is 29.8 Å². The lowest BCUT2D eigenvalue weighted by Crippen LogP contribution is -2.54. The number of amides is 1. The number of hydrogen-bond donors (Lipinski definition) is 4. The molecule has 2 aromatic heterocycles. The van der Waals surface area contributed by atoms with Crippen LogP contribution in [0, 0.1) is 0 Å². The summed E-state index contributed by atoms with van der Waals surface area (Å²) in [6.45, 7) is 6.07. The number of rotatable bonds is 9. The first-order chi connectivity index (χ1) is 19.0. The fourth-order valence-corrected chi connectivity index (χ4v) is 4.03. The van der Waals surface area contributed by atoms with E-state index in [1.807, 2.05) is 19.0 Å². The van der Waals surface area contributed by atoms with Crippen molar-refractivity contribution in [3.8, 4) is 0 Å². The fraction of sp³-hybridized carbons (Fsp3) is 0.308. The molecule has 3 heterocycles. The fourth-order valence-electron chi connectivity index (χ4n) is 4.03. The van der Waals surface area contributed by atoms with Gasteiger partial charge in [0.2, 0.25) is 11.9 Å². The number of hydrogen-bond acceptors (Lipinski definition) is 10. The van der Waals surface area contributed by atoms with Crippen LogP contribution >= 0.6 is 0 Å². The molecule has 0 radical (unpaired) electrons. The average Bonchev–Trinajstić information content (AvgIpc) is 2.93. The third kappa shape index (κ3) is 7.22. The van der Waals surface area contributed by atoms with Crippen LogP contribution in [0.25, 0.3) is 0 Å². The number of piperazine rings is 1. The van der Waals surface area contributed by atoms with Crippen LogP contribution < -0.4 is 20.9 Å². The van der Waals surface area contributed by atoms with Crippen LogP contribution in [0.2, 0.25) is 0 Å². The highest BCUT2D eigenvalue weighted by molar-refractivity contribution is 5.99. The predicted octanol–water partition coefficient (Wildman–Crippen LogP) is 3.46. The lowest BCUT2D eigenvalue weighted by atomic mass is 10.2. The van der Waals surface area contributed by atoms with Crippen molar-refractivity contribution >= 4 is 40.6 Å². The van der Waals surface area contributed by atoms with Crippen LogP contribution in [-0.2, 0) is 11.0 Å². The molecule has 3 aromatic rings. The first-order valence-corrected chi connectivity index (χ1v) is 12.3. The van der Waals surface area contributed by atoms with Gasteiger partial charge < -0.3 is 26.0 Å². The number of anilines is 6. The minimum absolute atomic E-state index is 0.0625. The molecular weight excluding hydrogens is 527 g/mol. The van der Waals surface area contributed by atoms with Gasteiger partial charge in [0.15, 0.2) is 6.35 Å². The maximum atomic E-state index is 13.7. The number of carbonyl (C=O) groups is 1. The van der Waals surface area contributed by atoms with E-state index in [4.69, 9.17) is 0 Å². The SMILES string of the molecule is C=CC(=O)Nc1cccc(Nc2nc(Nc3ccc(N4CCN(C(O)N(C)C)CC4)nc3)ncc2C(F)(F)F)c1. The van der Waals surface area contributed by atoms with Gasteiger partial charge in [-0.05, 0) is 50.5 Å². The van der Waals surface area contributed by atoms with Crippen LogP contribution in [0.4, 0.5) is 47.8 Å². The minimum Gasteiger partial charge on any atom is -0.365 e. The van der Waals surface area contributed by atoms with E-state index in [0.717, 1.165) is 11.9 Å². The topological polar surface area (TPSA) is 122 Å². The van der Waals surface area contributed by atoms with Crippen molar-refractivity contribution in [2.45, 2.75) is 12.5 Å². The molecule has 40 heavy (non-hydrogen) atoms. The van der Waals surface area contributed by atoms with Gasteiger partial charge in [-0.15, -0.1) is 0 Å². The van der Waals surface area contributed by atoms with Crippen LogP contribution in [-0.4, -0.2) is 82.4 Å². The zero-order valence-electron chi connectivity index (χ0n) is 22.0. The smallest absolute Gasteiger partial charge is 0.365 e. The van der Waals surface area contributed by atoms with Crippen molar-refractivity contribution in [2.75, 3.05) is 61.1 Å². The van der Waals surface area contributed by atoms with Gasteiger partial charge in [-0.1, -0.05) is 12.6 Å². The Hall–Kier alpha value is -4.27. The summed E-state index contributed by atoms with van der Waals surface area (Å²) in [5, 5.41) is 18.3. The van der Waals surface area contributed by atoms with Crippen molar-refractivity contribution in [2.24, 2.45) is 0 Å². The van der Waals surface area contributed by atoms with Crippen molar-refractivity contribution in [3.63, 3.8) is 0 Å². The second kappa shape index (κ2) is 12.3. The van der Waals surface area contributed by atoms with Crippen molar-refractivity contribution in [1.29, 1.82) is 0 Å². The Morgan fingerprint density at radius 3 is 2.40 bits per heavy atom. The molecule has 0 saturated carbocycles. The molecule has 4 rings (SSSR count). The minimum atomic E-state index is -4.70. The van der Waals surface area contributed by atoms with Gasteiger partial charge in [0.05, 0.1) is 11.9 Å². The standard InChI is InChI=1S/C26H30F3N9O2/c1-4-22(39)32-17-6-5-7-18(14-17)33-23-20(26(27,28)29)16-31-24(35-23)34-19-8-9-21(30-15-19)37-10-12-38(13-11-37)25(40)36(2)3/h4-9,14-16,25,40H,1,10-13H2,2-3H3,(H,32,39)(H2,31,33,34,35). The van der Waals surface area contributed by atoms with Gasteiger partial charge in [-0.3, -0.25) is 14.6 Å². The molecule has 1 unspecified atom stereocenters. The Balaban J connectivity index is 1.47. The highest BCUT2D eigenvalue weighted by atomic mass is 19.4. The molecule has 14 heteroatoms. The molecule has 1 fully saturated rings. The first kappa shape index (κ1) is 28.7. The molecule has 1 aromatic carbocycles. The second-order valence-corrected chi connectivity index (χ2v) is 9.22. The number of pyridine rings is 1. The van der Waals surface area contributed by atoms with E-state index in [1.165, 1.54) is 6.07 Å². The number of aliphatic hydroxyl groups is 1. The van der Waals surface area contributed by atoms with E-state index >= 15 is 0 Å². The molecular formula is C26H30F3N9O2. The highest BCUT2D eigenvalue weighted by Gasteiger charge is 2.35. The molecule has 1 atom stereocenters. The van der Waals surface area contributed by atoms with Crippen LogP contribution in [0.15, 0.2) is 61.4 Å². The van der Waals surface area contributed by atoms with Crippen LogP contribution in [0.3, 0.4) is 0 Å². The van der Waals surface area contributed by atoms with Gasteiger partial charge in [0, 0.05) is 43.8 Å². The van der Waals surface area contributed by atoms with E-state index in [-0.39, 0.29) is 11.6 Å². The highest BCUT2D eigenvalue weighted by Crippen LogP contribution is 2.35. The predicted molar refractivity (Wildman–Crippen MR) is 147 cm³/mol. The maximum Gasteiger partial charge on any atom is 0.421 e. The number of aromatic nitrogens is 3. The summed E-state index contributed by atoms with van der Waals surface area (Å²) in [6, 6.07) is 9.72. The Morgan fingerprint density at radius 2 is 1.77 bits per heavy atom. The summed E-state index contributed by atoms with van der Waals surface area (Å²) < 4.78 is 41.1. The first-order valence-electron chi connectivity index (χ1n) is 12.3. The Labute approximate surface area is 229 Å². The molecule has 11 nitrogen and oxygen atoms in total. The molecule has 1 amide bonds. The molecule has 4 N–H and O–H groups in total. The largest absolute Gasteiger partial charge is 0.421 e. The Kier molecular flexibility index (Phi) is 8.82. The van der Waals surface area contributed by atoms with Crippen LogP contribution in [0.1, 0.15) is 5.56 Å². The van der Waals surface area contributed by atoms with E-state index in [9.17, 15) is 23.1 Å². The monoisotopic (exact) mass is 557 g/mol. The number of halogens is 3. The van der Waals surface area contributed by atoms with Crippen molar-refractivity contribution in [3.05, 3.63) is 67.0 Å². The number of carbonyl (C=O) groups excluding carboxylic acids is 1. The van der Waals surface area contributed by atoms with Crippen molar-refractivity contribution in [1.82, 2.24) is 24.8 Å². The third-order valence-electron chi connectivity index (χ3n) is 6.10. The van der Waals surface area contributed by atoms with Crippen molar-refractivity contribution < 1.29 is 23.1 Å². The number of nitrogens with one attached hydrogen (secondary N) is 3. The zero-order chi connectivity index (χ0) is 28.9. The van der Waals surface area contributed by atoms with Gasteiger partial charge in [-0.25, -0.2) is 9.97 Å². The molecule has 1 aliphatic heterocycles. The van der Waals surface area contributed by atoms with E-state index in [2.05, 4.69) is 42.4 Å². The van der Waals surface area contributed by atoms with Gasteiger partial charge in [0.1, 0.15) is 17.2 Å². The number of benzene rings is 1. The summed E-state index contributed by atoms with van der Waals surface area (Å²) >= 11 is 0. The lowest BCUT2D eigenvalue weighted by Gasteiger charge is -2.39. The summed E-state index contributed by atoms with van der Waals surface area (Å²) in [4.78, 5) is 29.7. The third-order valence-corrected chi connectivity index (χ3v) is 6.10. The summed E-state index contributed by atoms with van der Waals surface area (Å²) in [6.07, 6.45) is -2.01. The van der Waals surface area contributed by atoms with E-state index in [1.54, 1.807) is 41.4 Å². The van der Waals surface area contributed by atoms with Gasteiger partial charge >= 0.3 is 6.18 Å². The lowest BCUT2D eigenvalue weighted by molar-refractivity contribution is -0.137. The normalized spacial score (nSPS) is 15.0. The molecule has 0 bridgehead atoms. The molecule has 212 valence electrons. The van der Waals surface area contributed by atoms with Crippen LogP contribution in [0.5, 0.6) is 0 Å². The Bertz CT molecular complexity index is 1330. The molecule has 0 aliphatic carbocycles. The van der Waals surface area contributed by atoms with Gasteiger partial charge in [0.25, 0.3) is 0 Å². The average molecular weight is 558 g/mol. The maximum absolute atomic E-state index is 13.7. The molecule has 0 spiro atoms. The molecule has 1 saturated heterocycles. The van der Waals surface area contributed by atoms with E-state index in [0.29, 0.717) is 43.8 Å². The van der Waals surface area contributed by atoms with Gasteiger partial charge in [-0.2, -0.15) is 18.2 Å². The summed E-state index contributed by atoms with van der Waals surface area (Å²) in [5.41, 5.74) is 0.0920. The number of nitrogens with zero attached hydrogens (tertiary/aromatic N) is 6.